The van der Waals surface area contributed by atoms with Crippen LogP contribution in [-0.2, 0) is 4.79 Å². The molecule has 1 fully saturated rings. The summed E-state index contributed by atoms with van der Waals surface area (Å²) in [6.45, 7) is 1.96. The molecule has 0 aromatic carbocycles. The highest BCUT2D eigenvalue weighted by Crippen LogP contribution is 2.16. The zero-order valence-corrected chi connectivity index (χ0v) is 11.9. The molecule has 21 heavy (non-hydrogen) atoms. The van der Waals surface area contributed by atoms with Crippen molar-refractivity contribution in [3.8, 4) is 0 Å². The number of aromatic amines is 1. The quantitative estimate of drug-likeness (QED) is 0.683. The monoisotopic (exact) mass is 291 g/mol. The summed E-state index contributed by atoms with van der Waals surface area (Å²) in [6.07, 6.45) is 0. The first-order chi connectivity index (χ1) is 10.1. The zero-order chi connectivity index (χ0) is 15.0. The largest absolute Gasteiger partial charge is 0.364 e. The van der Waals surface area contributed by atoms with Gasteiger partial charge < -0.3 is 15.1 Å². The number of H-pyrrole nitrogens is 1. The molecule has 1 aliphatic heterocycles. The van der Waals surface area contributed by atoms with Crippen LogP contribution in [0.5, 0.6) is 0 Å². The lowest BCUT2D eigenvalue weighted by Gasteiger charge is -2.37. The average molecular weight is 291 g/mol. The van der Waals surface area contributed by atoms with Crippen molar-refractivity contribution >= 4 is 17.4 Å². The number of carbonyl (C=O) groups excluding carboxylic acids is 1. The Hall–Kier alpha value is -2.42. The number of nitrogens with zero attached hydrogens (tertiary/aromatic N) is 5. The van der Waals surface area contributed by atoms with E-state index in [1.165, 1.54) is 4.52 Å². The fourth-order valence-corrected chi connectivity index (χ4v) is 2.44. The third-order valence-corrected chi connectivity index (χ3v) is 3.52. The second-order valence-electron chi connectivity index (χ2n) is 5.14. The first-order valence-electron chi connectivity index (χ1n) is 6.71. The van der Waals surface area contributed by atoms with Gasteiger partial charge in [-0.1, -0.05) is 0 Å². The number of aromatic nitrogens is 4. The minimum atomic E-state index is -0.391. The van der Waals surface area contributed by atoms with E-state index in [9.17, 15) is 9.59 Å². The molecule has 0 spiro atoms. The fourth-order valence-electron chi connectivity index (χ4n) is 2.44. The topological polar surface area (TPSA) is 98.6 Å². The van der Waals surface area contributed by atoms with E-state index in [-0.39, 0.29) is 11.9 Å². The second-order valence-corrected chi connectivity index (χ2v) is 5.14. The summed E-state index contributed by atoms with van der Waals surface area (Å²) in [5.74, 6) is 0.594. The lowest BCUT2D eigenvalue weighted by Crippen LogP contribution is -2.58. The van der Waals surface area contributed by atoms with Crippen molar-refractivity contribution in [2.24, 2.45) is 0 Å². The molecule has 9 heteroatoms. The van der Waals surface area contributed by atoms with Gasteiger partial charge >= 0.3 is 5.69 Å². The number of likely N-dealkylation sites (N-methyl/N-ethyl adjacent to an activating group) is 1. The first-order valence-corrected chi connectivity index (χ1v) is 6.71. The third kappa shape index (κ3) is 2.35. The van der Waals surface area contributed by atoms with Crippen molar-refractivity contribution in [3.63, 3.8) is 0 Å². The summed E-state index contributed by atoms with van der Waals surface area (Å²) in [7, 11) is 3.46. The smallest absolute Gasteiger partial charge is 0.347 e. The van der Waals surface area contributed by atoms with Crippen molar-refractivity contribution in [1.82, 2.24) is 30.0 Å². The Labute approximate surface area is 120 Å². The van der Waals surface area contributed by atoms with Crippen molar-refractivity contribution in [2.45, 2.75) is 6.04 Å². The Morgan fingerprint density at radius 3 is 3.00 bits per heavy atom. The van der Waals surface area contributed by atoms with E-state index < -0.39 is 5.69 Å². The maximum absolute atomic E-state index is 12.3. The van der Waals surface area contributed by atoms with Gasteiger partial charge in [-0.3, -0.25) is 4.79 Å². The van der Waals surface area contributed by atoms with Crippen LogP contribution in [0.2, 0.25) is 0 Å². The second kappa shape index (κ2) is 5.17. The summed E-state index contributed by atoms with van der Waals surface area (Å²) in [6, 6.07) is 3.15. The minimum Gasteiger partial charge on any atom is -0.347 e. The normalized spacial score (nSPS) is 19.0. The Bertz CT molecular complexity index is 720. The predicted molar refractivity (Wildman–Crippen MR) is 76.3 cm³/mol. The number of piperazine rings is 1. The van der Waals surface area contributed by atoms with Crippen LogP contribution in [0.15, 0.2) is 16.9 Å². The number of anilines is 1. The van der Waals surface area contributed by atoms with E-state index in [0.29, 0.717) is 24.6 Å². The molecule has 1 atom stereocenters. The number of rotatable bonds is 2. The molecule has 0 bridgehead atoms. The van der Waals surface area contributed by atoms with Gasteiger partial charge in [0.05, 0.1) is 0 Å². The van der Waals surface area contributed by atoms with Gasteiger partial charge in [0.25, 0.3) is 0 Å². The molecular weight excluding hydrogens is 274 g/mol. The first kappa shape index (κ1) is 13.6. The highest BCUT2D eigenvalue weighted by molar-refractivity contribution is 5.85. The van der Waals surface area contributed by atoms with Crippen LogP contribution < -0.4 is 15.9 Å². The van der Waals surface area contributed by atoms with Gasteiger partial charge in [-0.15, -0.1) is 5.10 Å². The molecule has 112 valence electrons. The van der Waals surface area contributed by atoms with Crippen LogP contribution in [0.4, 0.5) is 5.82 Å². The van der Waals surface area contributed by atoms with Gasteiger partial charge in [-0.05, 0) is 12.1 Å². The molecule has 2 N–H and O–H groups in total. The van der Waals surface area contributed by atoms with E-state index >= 15 is 0 Å². The maximum atomic E-state index is 12.3. The molecule has 2 aromatic rings. The molecule has 0 radical (unpaired) electrons. The average Bonchev–Trinajstić information content (AvgIpc) is 2.87. The predicted octanol–water partition coefficient (Wildman–Crippen LogP) is -1.72. The van der Waals surface area contributed by atoms with Gasteiger partial charge in [0, 0.05) is 33.7 Å². The molecule has 1 aliphatic rings. The van der Waals surface area contributed by atoms with Crippen molar-refractivity contribution in [1.29, 1.82) is 0 Å². The van der Waals surface area contributed by atoms with Crippen LogP contribution in [0.25, 0.3) is 5.65 Å². The molecule has 3 rings (SSSR count). The van der Waals surface area contributed by atoms with Gasteiger partial charge in [0.1, 0.15) is 6.04 Å². The van der Waals surface area contributed by atoms with Crippen LogP contribution in [0.3, 0.4) is 0 Å². The molecule has 2 aromatic heterocycles. The Kier molecular flexibility index (Phi) is 3.34. The number of carbonyl (C=O) groups is 1. The summed E-state index contributed by atoms with van der Waals surface area (Å²) < 4.78 is 1.20. The van der Waals surface area contributed by atoms with Gasteiger partial charge in [-0.25, -0.2) is 9.89 Å². The van der Waals surface area contributed by atoms with Crippen molar-refractivity contribution in [3.05, 3.63) is 22.6 Å². The van der Waals surface area contributed by atoms with Crippen LogP contribution in [-0.4, -0.2) is 70.4 Å². The van der Waals surface area contributed by atoms with Gasteiger partial charge in [0.15, 0.2) is 11.5 Å². The van der Waals surface area contributed by atoms with Crippen LogP contribution >= 0.6 is 0 Å². The van der Waals surface area contributed by atoms with Crippen LogP contribution in [0, 0.1) is 0 Å². The molecule has 0 aliphatic carbocycles. The summed E-state index contributed by atoms with van der Waals surface area (Å²) in [4.78, 5) is 27.4. The van der Waals surface area contributed by atoms with E-state index in [0.717, 1.165) is 6.54 Å². The number of hydrogen-bond donors (Lipinski definition) is 2. The highest BCUT2D eigenvalue weighted by atomic mass is 16.2. The number of amides is 1. The Morgan fingerprint density at radius 2 is 2.24 bits per heavy atom. The van der Waals surface area contributed by atoms with E-state index in [1.807, 2.05) is 4.90 Å². The summed E-state index contributed by atoms with van der Waals surface area (Å²) in [5, 5.41) is 13.7. The fraction of sp³-hybridized carbons (Fsp3) is 0.500. The molecule has 1 amide bonds. The van der Waals surface area contributed by atoms with Crippen molar-refractivity contribution in [2.75, 3.05) is 38.6 Å². The molecule has 3 heterocycles. The number of fused-ring (bicyclic) bond motifs is 1. The summed E-state index contributed by atoms with van der Waals surface area (Å²) >= 11 is 0. The van der Waals surface area contributed by atoms with E-state index in [2.05, 4.69) is 20.6 Å². The van der Waals surface area contributed by atoms with Crippen LogP contribution in [0.1, 0.15) is 0 Å². The maximum Gasteiger partial charge on any atom is 0.364 e. The standard InChI is InChI=1S/C12H17N7O2/c1-17(2)11(20)8-7-13-5-6-18(8)10-4-3-9-14-15-12(21)19(9)16-10/h3-4,8,13H,5-7H2,1-2H3,(H,15,21). The Morgan fingerprint density at radius 1 is 1.43 bits per heavy atom. The number of hydrogen-bond acceptors (Lipinski definition) is 6. The zero-order valence-electron chi connectivity index (χ0n) is 11.9. The third-order valence-electron chi connectivity index (χ3n) is 3.52. The summed E-state index contributed by atoms with van der Waals surface area (Å²) in [5.41, 5.74) is 0.0619. The molecule has 1 unspecified atom stereocenters. The van der Waals surface area contributed by atoms with Gasteiger partial charge in [-0.2, -0.15) is 9.61 Å². The lowest BCUT2D eigenvalue weighted by molar-refractivity contribution is -0.130. The van der Waals surface area contributed by atoms with Crippen molar-refractivity contribution < 1.29 is 4.79 Å². The lowest BCUT2D eigenvalue weighted by atomic mass is 10.1. The van der Waals surface area contributed by atoms with E-state index in [1.54, 1.807) is 31.1 Å². The minimum absolute atomic E-state index is 0.00337. The molecule has 9 nitrogen and oxygen atoms in total. The molecule has 1 saturated heterocycles. The van der Waals surface area contributed by atoms with Gasteiger partial charge in [0.2, 0.25) is 5.91 Å². The van der Waals surface area contributed by atoms with E-state index in [4.69, 9.17) is 0 Å². The molecule has 0 saturated carbocycles. The number of nitrogens with one attached hydrogen (secondary N) is 2. The molecular formula is C12H17N7O2. The highest BCUT2D eigenvalue weighted by Gasteiger charge is 2.31. The SMILES string of the molecule is CN(C)C(=O)C1CNCCN1c1ccc2n[nH]c(=O)n2n1. The Balaban J connectivity index is 1.99.